The van der Waals surface area contributed by atoms with Crippen LogP contribution in [0, 0.1) is 17.5 Å². The second-order valence-electron chi connectivity index (χ2n) is 8.51. The summed E-state index contributed by atoms with van der Waals surface area (Å²) < 4.78 is 74.5. The Labute approximate surface area is 213 Å². The number of ether oxygens (including phenoxy) is 1. The highest BCUT2D eigenvalue weighted by atomic mass is 32.2. The highest BCUT2D eigenvalue weighted by Gasteiger charge is 2.27. The van der Waals surface area contributed by atoms with E-state index in [1.165, 1.54) is 36.3 Å². The standard InChI is InChI=1S/C26H26F3N3O4S/c1-36-25-9-7-21(37(34,35)30-11-10-18-2-4-19(27)5-3-18)17-24(25)31-12-14-32(15-13-31)26(33)22-16-20(28)6-8-23(22)29/h2-9,16-17,30H,10-15H2,1H3. The summed E-state index contributed by atoms with van der Waals surface area (Å²) in [5, 5.41) is 0. The third-order valence-electron chi connectivity index (χ3n) is 6.15. The van der Waals surface area contributed by atoms with E-state index in [1.807, 2.05) is 4.90 Å². The number of rotatable bonds is 8. The first kappa shape index (κ1) is 26.5. The van der Waals surface area contributed by atoms with Gasteiger partial charge >= 0.3 is 0 Å². The maximum absolute atomic E-state index is 14.1. The molecule has 0 bridgehead atoms. The molecule has 0 unspecified atom stereocenters. The lowest BCUT2D eigenvalue weighted by molar-refractivity contribution is 0.0741. The zero-order valence-corrected chi connectivity index (χ0v) is 20.9. The molecule has 4 rings (SSSR count). The van der Waals surface area contributed by atoms with Gasteiger partial charge in [0.25, 0.3) is 5.91 Å². The van der Waals surface area contributed by atoms with E-state index in [0.29, 0.717) is 30.9 Å². The number of nitrogens with one attached hydrogen (secondary N) is 1. The highest BCUT2D eigenvalue weighted by Crippen LogP contribution is 2.32. The molecule has 0 aliphatic carbocycles. The summed E-state index contributed by atoms with van der Waals surface area (Å²) in [4.78, 5) is 16.1. The molecule has 7 nitrogen and oxygen atoms in total. The van der Waals surface area contributed by atoms with Crippen molar-refractivity contribution in [3.05, 3.63) is 89.2 Å². The van der Waals surface area contributed by atoms with Crippen molar-refractivity contribution in [3.63, 3.8) is 0 Å². The van der Waals surface area contributed by atoms with E-state index >= 15 is 0 Å². The minimum absolute atomic E-state index is 0.0442. The summed E-state index contributed by atoms with van der Waals surface area (Å²) >= 11 is 0. The molecule has 0 aromatic heterocycles. The molecule has 0 saturated carbocycles. The number of piperazine rings is 1. The monoisotopic (exact) mass is 533 g/mol. The number of halogens is 3. The lowest BCUT2D eigenvalue weighted by atomic mass is 10.1. The average Bonchev–Trinajstić information content (AvgIpc) is 2.90. The summed E-state index contributed by atoms with van der Waals surface area (Å²) in [6.07, 6.45) is 0.393. The number of carbonyl (C=O) groups is 1. The van der Waals surface area contributed by atoms with Gasteiger partial charge in [-0.25, -0.2) is 26.3 Å². The van der Waals surface area contributed by atoms with E-state index in [-0.39, 0.29) is 35.9 Å². The van der Waals surface area contributed by atoms with Crippen molar-refractivity contribution in [3.8, 4) is 5.75 Å². The maximum Gasteiger partial charge on any atom is 0.257 e. The van der Waals surface area contributed by atoms with Gasteiger partial charge in [0, 0.05) is 32.7 Å². The van der Waals surface area contributed by atoms with Crippen LogP contribution >= 0.6 is 0 Å². The van der Waals surface area contributed by atoms with Crippen molar-refractivity contribution >= 4 is 21.6 Å². The number of carbonyl (C=O) groups excluding carboxylic acids is 1. The van der Waals surface area contributed by atoms with Crippen LogP contribution in [0.4, 0.5) is 18.9 Å². The van der Waals surface area contributed by atoms with Gasteiger partial charge in [-0.2, -0.15) is 0 Å². The fourth-order valence-electron chi connectivity index (χ4n) is 4.13. The molecule has 1 amide bonds. The molecule has 1 aliphatic heterocycles. The van der Waals surface area contributed by atoms with E-state index in [4.69, 9.17) is 4.74 Å². The smallest absolute Gasteiger partial charge is 0.257 e. The fraction of sp³-hybridized carbons (Fsp3) is 0.269. The van der Waals surface area contributed by atoms with Crippen molar-refractivity contribution in [2.75, 3.05) is 44.7 Å². The Morgan fingerprint density at radius 2 is 1.59 bits per heavy atom. The second-order valence-corrected chi connectivity index (χ2v) is 10.3. The Bertz CT molecular complexity index is 1380. The van der Waals surface area contributed by atoms with Gasteiger partial charge in [0.05, 0.1) is 23.3 Å². The van der Waals surface area contributed by atoms with Crippen LogP contribution in [-0.2, 0) is 16.4 Å². The summed E-state index contributed by atoms with van der Waals surface area (Å²) in [5.41, 5.74) is 1.00. The Hall–Kier alpha value is -3.57. The fourth-order valence-corrected chi connectivity index (χ4v) is 5.18. The van der Waals surface area contributed by atoms with Crippen LogP contribution in [0.3, 0.4) is 0 Å². The Morgan fingerprint density at radius 1 is 0.919 bits per heavy atom. The SMILES string of the molecule is COc1ccc(S(=O)(=O)NCCc2ccc(F)cc2)cc1N1CCN(C(=O)c2cc(F)ccc2F)CC1. The zero-order chi connectivity index (χ0) is 26.6. The molecule has 3 aromatic carbocycles. The zero-order valence-electron chi connectivity index (χ0n) is 20.1. The van der Waals surface area contributed by atoms with Crippen LogP contribution in [0.1, 0.15) is 15.9 Å². The molecule has 1 N–H and O–H groups in total. The predicted molar refractivity (Wildman–Crippen MR) is 133 cm³/mol. The normalized spacial score (nSPS) is 14.1. The van der Waals surface area contributed by atoms with Gasteiger partial charge in [-0.1, -0.05) is 12.1 Å². The van der Waals surface area contributed by atoms with Gasteiger partial charge < -0.3 is 14.5 Å². The number of sulfonamides is 1. The largest absolute Gasteiger partial charge is 0.495 e. The number of benzene rings is 3. The number of anilines is 1. The summed E-state index contributed by atoms with van der Waals surface area (Å²) in [7, 11) is -2.37. The molecule has 0 radical (unpaired) electrons. The van der Waals surface area contributed by atoms with Gasteiger partial charge in [0.1, 0.15) is 23.2 Å². The molecule has 1 aliphatic rings. The first-order chi connectivity index (χ1) is 17.7. The van der Waals surface area contributed by atoms with Crippen LogP contribution in [0.15, 0.2) is 65.6 Å². The lowest BCUT2D eigenvalue weighted by Gasteiger charge is -2.36. The summed E-state index contributed by atoms with van der Waals surface area (Å²) in [5.74, 6) is -1.99. The van der Waals surface area contributed by atoms with E-state index in [1.54, 1.807) is 18.2 Å². The highest BCUT2D eigenvalue weighted by molar-refractivity contribution is 7.89. The molecular weight excluding hydrogens is 507 g/mol. The van der Waals surface area contributed by atoms with E-state index in [0.717, 1.165) is 23.8 Å². The third kappa shape index (κ3) is 6.23. The van der Waals surface area contributed by atoms with Crippen molar-refractivity contribution in [1.82, 2.24) is 9.62 Å². The van der Waals surface area contributed by atoms with Crippen LogP contribution in [0.5, 0.6) is 5.75 Å². The summed E-state index contributed by atoms with van der Waals surface area (Å²) in [6, 6.07) is 13.1. The topological polar surface area (TPSA) is 79.0 Å². The van der Waals surface area contributed by atoms with E-state index < -0.39 is 27.6 Å². The number of hydrogen-bond donors (Lipinski definition) is 1. The second kappa shape index (κ2) is 11.2. The molecule has 1 heterocycles. The van der Waals surface area contributed by atoms with Gasteiger partial charge in [-0.15, -0.1) is 0 Å². The molecule has 37 heavy (non-hydrogen) atoms. The molecule has 0 spiro atoms. The number of nitrogens with zero attached hydrogens (tertiary/aromatic N) is 2. The van der Waals surface area contributed by atoms with Crippen LogP contribution in [0.2, 0.25) is 0 Å². The van der Waals surface area contributed by atoms with Crippen LogP contribution in [-0.4, -0.2) is 59.1 Å². The number of methoxy groups -OCH3 is 1. The van der Waals surface area contributed by atoms with E-state index in [2.05, 4.69) is 4.72 Å². The van der Waals surface area contributed by atoms with Gasteiger partial charge in [-0.05, 0) is 60.5 Å². The van der Waals surface area contributed by atoms with Gasteiger partial charge in [0.15, 0.2) is 0 Å². The minimum atomic E-state index is -3.84. The first-order valence-electron chi connectivity index (χ1n) is 11.6. The molecule has 1 fully saturated rings. The van der Waals surface area contributed by atoms with E-state index in [9.17, 15) is 26.4 Å². The van der Waals surface area contributed by atoms with Crippen LogP contribution in [0.25, 0.3) is 0 Å². The Kier molecular flexibility index (Phi) is 8.03. The Morgan fingerprint density at radius 3 is 2.27 bits per heavy atom. The molecular formula is C26H26F3N3O4S. The van der Waals surface area contributed by atoms with Gasteiger partial charge in [0.2, 0.25) is 10.0 Å². The number of hydrogen-bond acceptors (Lipinski definition) is 5. The third-order valence-corrected chi connectivity index (χ3v) is 7.60. The molecule has 3 aromatic rings. The quantitative estimate of drug-likeness (QED) is 0.479. The van der Waals surface area contributed by atoms with Gasteiger partial charge in [-0.3, -0.25) is 4.79 Å². The lowest BCUT2D eigenvalue weighted by Crippen LogP contribution is -2.49. The first-order valence-corrected chi connectivity index (χ1v) is 13.1. The average molecular weight is 534 g/mol. The summed E-state index contributed by atoms with van der Waals surface area (Å²) in [6.45, 7) is 1.25. The minimum Gasteiger partial charge on any atom is -0.495 e. The molecule has 1 saturated heterocycles. The van der Waals surface area contributed by atoms with Crippen molar-refractivity contribution < 1.29 is 31.1 Å². The maximum atomic E-state index is 14.1. The number of amides is 1. The molecule has 0 atom stereocenters. The predicted octanol–water partition coefficient (Wildman–Crippen LogP) is 3.60. The van der Waals surface area contributed by atoms with Crippen LogP contribution < -0.4 is 14.4 Å². The van der Waals surface area contributed by atoms with Crippen molar-refractivity contribution in [2.45, 2.75) is 11.3 Å². The Balaban J connectivity index is 1.44. The van der Waals surface area contributed by atoms with Crippen molar-refractivity contribution in [1.29, 1.82) is 0 Å². The molecule has 11 heteroatoms. The van der Waals surface area contributed by atoms with Crippen molar-refractivity contribution in [2.24, 2.45) is 0 Å². The molecule has 196 valence electrons.